The van der Waals surface area contributed by atoms with Crippen molar-refractivity contribution in [2.45, 2.75) is 0 Å². The molecule has 5 heteroatoms. The maximum absolute atomic E-state index is 13.7. The number of carbonyl (C=O) groups is 1. The van der Waals surface area contributed by atoms with Gasteiger partial charge in [-0.15, -0.1) is 0 Å². The molecule has 2 aromatic carbocycles. The standard InChI is InChI=1S/C13H4F4O/c14-9-7-5-3-1-2-4-6(5)13(18)8(7)10(15)12(17)11(9)16/h1-4H. The van der Waals surface area contributed by atoms with Crippen LogP contribution in [0.15, 0.2) is 24.3 Å². The van der Waals surface area contributed by atoms with Gasteiger partial charge in [-0.05, 0) is 5.56 Å². The molecule has 0 spiro atoms. The molecule has 0 saturated carbocycles. The number of rotatable bonds is 0. The smallest absolute Gasteiger partial charge is 0.198 e. The molecule has 1 nitrogen and oxygen atoms in total. The molecule has 0 aromatic heterocycles. The minimum absolute atomic E-state index is 0.0373. The number of hydrogen-bond acceptors (Lipinski definition) is 1. The van der Waals surface area contributed by atoms with E-state index in [1.807, 2.05) is 0 Å². The van der Waals surface area contributed by atoms with Crippen LogP contribution in [0.25, 0.3) is 11.1 Å². The minimum atomic E-state index is -1.97. The molecule has 0 amide bonds. The first-order valence-corrected chi connectivity index (χ1v) is 5.04. The summed E-state index contributed by atoms with van der Waals surface area (Å²) in [5, 5.41) is 0. The highest BCUT2D eigenvalue weighted by molar-refractivity contribution is 6.21. The van der Waals surface area contributed by atoms with Gasteiger partial charge in [0.15, 0.2) is 29.1 Å². The molecule has 3 rings (SSSR count). The Labute approximate surface area is 98.7 Å². The topological polar surface area (TPSA) is 17.1 Å². The summed E-state index contributed by atoms with van der Waals surface area (Å²) in [6, 6.07) is 5.72. The van der Waals surface area contributed by atoms with Crippen molar-refractivity contribution in [2.24, 2.45) is 0 Å². The Morgan fingerprint density at radius 1 is 0.667 bits per heavy atom. The highest BCUT2D eigenvalue weighted by atomic mass is 19.2. The highest BCUT2D eigenvalue weighted by Crippen LogP contribution is 2.41. The van der Waals surface area contributed by atoms with E-state index in [-0.39, 0.29) is 11.1 Å². The second-order valence-electron chi connectivity index (χ2n) is 3.88. The molecule has 0 atom stereocenters. The second-order valence-corrected chi connectivity index (χ2v) is 3.88. The fraction of sp³-hybridized carbons (Fsp3) is 0. The van der Waals surface area contributed by atoms with E-state index in [9.17, 15) is 22.4 Å². The highest BCUT2D eigenvalue weighted by Gasteiger charge is 2.36. The summed E-state index contributed by atoms with van der Waals surface area (Å²) in [6.45, 7) is 0. The Kier molecular flexibility index (Phi) is 2.08. The Bertz CT molecular complexity index is 707. The summed E-state index contributed by atoms with van der Waals surface area (Å²) in [4.78, 5) is 11.8. The van der Waals surface area contributed by atoms with Crippen molar-refractivity contribution in [3.8, 4) is 11.1 Å². The Balaban J connectivity index is 2.51. The van der Waals surface area contributed by atoms with Gasteiger partial charge in [0, 0.05) is 11.1 Å². The molecule has 1 aliphatic rings. The van der Waals surface area contributed by atoms with E-state index in [0.29, 0.717) is 0 Å². The first-order chi connectivity index (χ1) is 8.54. The van der Waals surface area contributed by atoms with Crippen LogP contribution in [-0.2, 0) is 0 Å². The maximum atomic E-state index is 13.7. The van der Waals surface area contributed by atoms with Gasteiger partial charge in [-0.1, -0.05) is 24.3 Å². The largest absolute Gasteiger partial charge is 0.288 e. The Morgan fingerprint density at radius 2 is 1.17 bits per heavy atom. The monoisotopic (exact) mass is 252 g/mol. The first kappa shape index (κ1) is 11.0. The molecule has 0 unspecified atom stereocenters. The molecular formula is C13H4F4O. The van der Waals surface area contributed by atoms with Crippen molar-refractivity contribution in [3.63, 3.8) is 0 Å². The predicted molar refractivity (Wildman–Crippen MR) is 55.1 cm³/mol. The van der Waals surface area contributed by atoms with E-state index in [1.54, 1.807) is 0 Å². The van der Waals surface area contributed by atoms with Crippen LogP contribution >= 0.6 is 0 Å². The number of ketones is 1. The van der Waals surface area contributed by atoms with Crippen molar-refractivity contribution < 1.29 is 22.4 Å². The summed E-state index contributed by atoms with van der Waals surface area (Å²) in [5.74, 6) is -7.90. The van der Waals surface area contributed by atoms with Crippen molar-refractivity contribution in [2.75, 3.05) is 0 Å². The van der Waals surface area contributed by atoms with Crippen LogP contribution in [0.5, 0.6) is 0 Å². The van der Waals surface area contributed by atoms with E-state index in [4.69, 9.17) is 0 Å². The van der Waals surface area contributed by atoms with Gasteiger partial charge in [0.2, 0.25) is 0 Å². The van der Waals surface area contributed by atoms with Gasteiger partial charge in [-0.25, -0.2) is 17.6 Å². The summed E-state index contributed by atoms with van der Waals surface area (Å²) >= 11 is 0. The van der Waals surface area contributed by atoms with Crippen molar-refractivity contribution in [3.05, 3.63) is 58.7 Å². The average molecular weight is 252 g/mol. The van der Waals surface area contributed by atoms with Crippen LogP contribution in [-0.4, -0.2) is 5.78 Å². The van der Waals surface area contributed by atoms with Crippen LogP contribution in [0.2, 0.25) is 0 Å². The predicted octanol–water partition coefficient (Wildman–Crippen LogP) is 3.45. The fourth-order valence-corrected chi connectivity index (χ4v) is 2.13. The number of halogens is 4. The average Bonchev–Trinajstić information content (AvgIpc) is 2.68. The lowest BCUT2D eigenvalue weighted by Gasteiger charge is -2.05. The van der Waals surface area contributed by atoms with E-state index < -0.39 is 40.2 Å². The van der Waals surface area contributed by atoms with Crippen molar-refractivity contribution >= 4 is 5.78 Å². The minimum Gasteiger partial charge on any atom is -0.288 e. The molecule has 90 valence electrons. The van der Waals surface area contributed by atoms with Crippen LogP contribution in [0.4, 0.5) is 17.6 Å². The molecular weight excluding hydrogens is 248 g/mol. The van der Waals surface area contributed by atoms with Gasteiger partial charge in [0.1, 0.15) is 0 Å². The fourth-order valence-electron chi connectivity index (χ4n) is 2.13. The van der Waals surface area contributed by atoms with Crippen molar-refractivity contribution in [1.82, 2.24) is 0 Å². The van der Waals surface area contributed by atoms with Gasteiger partial charge in [0.25, 0.3) is 0 Å². The molecule has 0 fully saturated rings. The second kappa shape index (κ2) is 3.41. The van der Waals surface area contributed by atoms with E-state index in [0.717, 1.165) is 0 Å². The molecule has 1 aliphatic carbocycles. The zero-order valence-electron chi connectivity index (χ0n) is 8.73. The molecule has 18 heavy (non-hydrogen) atoms. The van der Waals surface area contributed by atoms with Gasteiger partial charge in [-0.3, -0.25) is 4.79 Å². The lowest BCUT2D eigenvalue weighted by molar-refractivity contribution is 0.103. The Morgan fingerprint density at radius 3 is 1.78 bits per heavy atom. The molecule has 0 N–H and O–H groups in total. The molecule has 0 heterocycles. The SMILES string of the molecule is O=C1c2ccccc2-c2c(F)c(F)c(F)c(F)c21. The maximum Gasteiger partial charge on any atom is 0.198 e. The van der Waals surface area contributed by atoms with Gasteiger partial charge >= 0.3 is 0 Å². The van der Waals surface area contributed by atoms with Gasteiger partial charge in [0.05, 0.1) is 5.56 Å². The lowest BCUT2D eigenvalue weighted by Crippen LogP contribution is -2.06. The molecule has 0 saturated heterocycles. The first-order valence-electron chi connectivity index (χ1n) is 5.04. The lowest BCUT2D eigenvalue weighted by atomic mass is 10.0. The van der Waals surface area contributed by atoms with Crippen LogP contribution in [0, 0.1) is 23.3 Å². The summed E-state index contributed by atoms with van der Waals surface area (Å²) in [5.41, 5.74) is -1.14. The summed E-state index contributed by atoms with van der Waals surface area (Å²) in [6.07, 6.45) is 0. The normalized spacial score (nSPS) is 12.6. The number of hydrogen-bond donors (Lipinski definition) is 0. The number of benzene rings is 2. The zero-order valence-corrected chi connectivity index (χ0v) is 8.73. The third kappa shape index (κ3) is 1.13. The third-order valence-corrected chi connectivity index (χ3v) is 2.94. The zero-order chi connectivity index (χ0) is 13.0. The van der Waals surface area contributed by atoms with E-state index in [2.05, 4.69) is 0 Å². The Hall–Kier alpha value is -2.17. The van der Waals surface area contributed by atoms with Crippen LogP contribution in [0.3, 0.4) is 0 Å². The van der Waals surface area contributed by atoms with Gasteiger partial charge < -0.3 is 0 Å². The van der Waals surface area contributed by atoms with Crippen LogP contribution < -0.4 is 0 Å². The molecule has 2 aromatic rings. The van der Waals surface area contributed by atoms with E-state index >= 15 is 0 Å². The van der Waals surface area contributed by atoms with Crippen molar-refractivity contribution in [1.29, 1.82) is 0 Å². The molecule has 0 bridgehead atoms. The summed E-state index contributed by atoms with van der Waals surface area (Å²) < 4.78 is 53.5. The van der Waals surface area contributed by atoms with Gasteiger partial charge in [-0.2, -0.15) is 0 Å². The molecule has 0 aliphatic heterocycles. The van der Waals surface area contributed by atoms with Crippen LogP contribution in [0.1, 0.15) is 15.9 Å². The third-order valence-electron chi connectivity index (χ3n) is 2.94. The molecule has 0 radical (unpaired) electrons. The quantitative estimate of drug-likeness (QED) is 0.340. The van der Waals surface area contributed by atoms with E-state index in [1.165, 1.54) is 24.3 Å². The summed E-state index contributed by atoms with van der Waals surface area (Å²) in [7, 11) is 0. The number of fused-ring (bicyclic) bond motifs is 3. The number of carbonyl (C=O) groups excluding carboxylic acids is 1.